The third-order valence-corrected chi connectivity index (χ3v) is 4.19. The van der Waals surface area contributed by atoms with E-state index in [1.807, 2.05) is 30.3 Å². The van der Waals surface area contributed by atoms with E-state index in [-0.39, 0.29) is 29.1 Å². The van der Waals surface area contributed by atoms with Crippen molar-refractivity contribution in [3.8, 4) is 0 Å². The van der Waals surface area contributed by atoms with Crippen LogP contribution in [0.3, 0.4) is 0 Å². The number of hydrogen-bond acceptors (Lipinski definition) is 3. The molecule has 0 aromatic heterocycles. The Kier molecular flexibility index (Phi) is 6.81. The standard InChI is InChI=1S/C18H19FN2O2S/c1-21(11-14-5-3-2-4-6-14)18(23)13-24-12-17(22)20-16-9-7-15(19)8-10-16/h2-10H,11-13H2,1H3,(H,20,22). The van der Waals surface area contributed by atoms with E-state index in [0.29, 0.717) is 12.2 Å². The minimum Gasteiger partial charge on any atom is -0.341 e. The number of carbonyl (C=O) groups excluding carboxylic acids is 2. The molecule has 6 heteroatoms. The van der Waals surface area contributed by atoms with Crippen LogP contribution in [0.2, 0.25) is 0 Å². The number of nitrogens with zero attached hydrogens (tertiary/aromatic N) is 1. The number of benzene rings is 2. The van der Waals surface area contributed by atoms with Gasteiger partial charge in [0.25, 0.3) is 0 Å². The van der Waals surface area contributed by atoms with Crippen LogP contribution < -0.4 is 5.32 Å². The monoisotopic (exact) mass is 346 g/mol. The Bertz CT molecular complexity index is 677. The van der Waals surface area contributed by atoms with E-state index in [1.54, 1.807) is 11.9 Å². The lowest BCUT2D eigenvalue weighted by molar-refractivity contribution is -0.127. The minimum absolute atomic E-state index is 0.0292. The van der Waals surface area contributed by atoms with Crippen molar-refractivity contribution in [1.82, 2.24) is 4.90 Å². The van der Waals surface area contributed by atoms with Gasteiger partial charge in [-0.15, -0.1) is 11.8 Å². The Morgan fingerprint density at radius 3 is 2.38 bits per heavy atom. The maximum absolute atomic E-state index is 12.8. The van der Waals surface area contributed by atoms with Crippen LogP contribution in [-0.4, -0.2) is 35.3 Å². The summed E-state index contributed by atoms with van der Waals surface area (Å²) in [4.78, 5) is 25.5. The molecule has 0 saturated carbocycles. The summed E-state index contributed by atoms with van der Waals surface area (Å²) in [7, 11) is 1.74. The number of hydrogen-bond donors (Lipinski definition) is 1. The zero-order chi connectivity index (χ0) is 17.4. The van der Waals surface area contributed by atoms with Crippen LogP contribution in [0.5, 0.6) is 0 Å². The second-order valence-corrected chi connectivity index (χ2v) is 6.27. The first-order valence-electron chi connectivity index (χ1n) is 7.45. The molecule has 0 unspecified atom stereocenters. The van der Waals surface area contributed by atoms with Crippen LogP contribution in [0.15, 0.2) is 54.6 Å². The summed E-state index contributed by atoms with van der Waals surface area (Å²) in [6, 6.07) is 15.3. The highest BCUT2D eigenvalue weighted by Crippen LogP contribution is 2.10. The zero-order valence-electron chi connectivity index (χ0n) is 13.4. The first kappa shape index (κ1) is 18.0. The second-order valence-electron chi connectivity index (χ2n) is 5.28. The van der Waals surface area contributed by atoms with Crippen molar-refractivity contribution in [1.29, 1.82) is 0 Å². The van der Waals surface area contributed by atoms with Gasteiger partial charge in [0.15, 0.2) is 0 Å². The van der Waals surface area contributed by atoms with Crippen molar-refractivity contribution in [3.05, 3.63) is 66.0 Å². The summed E-state index contributed by atoms with van der Waals surface area (Å²) < 4.78 is 12.8. The Balaban J connectivity index is 1.69. The number of nitrogens with one attached hydrogen (secondary N) is 1. The first-order valence-corrected chi connectivity index (χ1v) is 8.61. The fourth-order valence-corrected chi connectivity index (χ4v) is 2.77. The first-order chi connectivity index (χ1) is 11.5. The predicted molar refractivity (Wildman–Crippen MR) is 95.3 cm³/mol. The Hall–Kier alpha value is -2.34. The van der Waals surface area contributed by atoms with Gasteiger partial charge in [-0.1, -0.05) is 30.3 Å². The van der Waals surface area contributed by atoms with Gasteiger partial charge in [-0.05, 0) is 29.8 Å². The van der Waals surface area contributed by atoms with Crippen molar-refractivity contribution in [2.45, 2.75) is 6.54 Å². The molecule has 4 nitrogen and oxygen atoms in total. The van der Waals surface area contributed by atoms with E-state index in [1.165, 1.54) is 36.0 Å². The number of carbonyl (C=O) groups is 2. The van der Waals surface area contributed by atoms with Crippen molar-refractivity contribution in [2.75, 3.05) is 23.9 Å². The summed E-state index contributed by atoms with van der Waals surface area (Å²) in [5, 5.41) is 2.66. The van der Waals surface area contributed by atoms with Crippen molar-refractivity contribution >= 4 is 29.3 Å². The van der Waals surface area contributed by atoms with Gasteiger partial charge in [-0.3, -0.25) is 9.59 Å². The molecule has 2 amide bonds. The zero-order valence-corrected chi connectivity index (χ0v) is 14.2. The number of thioether (sulfide) groups is 1. The van der Waals surface area contributed by atoms with Gasteiger partial charge in [-0.25, -0.2) is 4.39 Å². The molecule has 0 fully saturated rings. The largest absolute Gasteiger partial charge is 0.341 e. The highest BCUT2D eigenvalue weighted by Gasteiger charge is 2.11. The quantitative estimate of drug-likeness (QED) is 0.838. The molecular weight excluding hydrogens is 327 g/mol. The normalized spacial score (nSPS) is 10.2. The molecule has 24 heavy (non-hydrogen) atoms. The molecule has 126 valence electrons. The number of rotatable bonds is 7. The Morgan fingerprint density at radius 1 is 1.04 bits per heavy atom. The van der Waals surface area contributed by atoms with Gasteiger partial charge in [-0.2, -0.15) is 0 Å². The molecule has 2 rings (SSSR count). The molecule has 0 aliphatic heterocycles. The van der Waals surface area contributed by atoms with Gasteiger partial charge in [0, 0.05) is 19.3 Å². The van der Waals surface area contributed by atoms with E-state index in [0.717, 1.165) is 5.56 Å². The summed E-state index contributed by atoms with van der Waals surface area (Å²) >= 11 is 1.25. The van der Waals surface area contributed by atoms with Crippen molar-refractivity contribution in [3.63, 3.8) is 0 Å². The van der Waals surface area contributed by atoms with E-state index in [2.05, 4.69) is 5.32 Å². The van der Waals surface area contributed by atoms with Crippen LogP contribution in [0.4, 0.5) is 10.1 Å². The highest BCUT2D eigenvalue weighted by atomic mass is 32.2. The third-order valence-electron chi connectivity index (χ3n) is 3.27. The molecule has 1 N–H and O–H groups in total. The van der Waals surface area contributed by atoms with Crippen LogP contribution >= 0.6 is 11.8 Å². The van der Waals surface area contributed by atoms with Gasteiger partial charge in [0.1, 0.15) is 5.82 Å². The average molecular weight is 346 g/mol. The lowest BCUT2D eigenvalue weighted by Gasteiger charge is -2.17. The fourth-order valence-electron chi connectivity index (χ4n) is 2.02. The lowest BCUT2D eigenvalue weighted by Crippen LogP contribution is -2.28. The minimum atomic E-state index is -0.352. The summed E-state index contributed by atoms with van der Waals surface area (Å²) in [5.41, 5.74) is 1.60. The SMILES string of the molecule is CN(Cc1ccccc1)C(=O)CSCC(=O)Nc1ccc(F)cc1. The molecular formula is C18H19FN2O2S. The smallest absolute Gasteiger partial charge is 0.234 e. The Morgan fingerprint density at radius 2 is 1.71 bits per heavy atom. The summed E-state index contributed by atoms with van der Waals surface area (Å²) in [6.45, 7) is 0.544. The van der Waals surface area contributed by atoms with Gasteiger partial charge in [0.2, 0.25) is 11.8 Å². The molecule has 0 bridgehead atoms. The molecule has 2 aromatic carbocycles. The topological polar surface area (TPSA) is 49.4 Å². The van der Waals surface area contributed by atoms with Crippen LogP contribution in [0.25, 0.3) is 0 Å². The fraction of sp³-hybridized carbons (Fsp3) is 0.222. The molecule has 0 aliphatic rings. The molecule has 0 atom stereocenters. The number of amides is 2. The lowest BCUT2D eigenvalue weighted by atomic mass is 10.2. The van der Waals surface area contributed by atoms with Gasteiger partial charge < -0.3 is 10.2 Å². The summed E-state index contributed by atoms with van der Waals surface area (Å²) in [5.74, 6) is -0.194. The van der Waals surface area contributed by atoms with E-state index in [9.17, 15) is 14.0 Å². The maximum Gasteiger partial charge on any atom is 0.234 e. The average Bonchev–Trinajstić information content (AvgIpc) is 2.57. The van der Waals surface area contributed by atoms with Crippen LogP contribution in [0, 0.1) is 5.82 Å². The molecule has 0 saturated heterocycles. The van der Waals surface area contributed by atoms with E-state index in [4.69, 9.17) is 0 Å². The molecule has 0 aliphatic carbocycles. The predicted octanol–water partition coefficient (Wildman–Crippen LogP) is 3.16. The van der Waals surface area contributed by atoms with Gasteiger partial charge in [0.05, 0.1) is 11.5 Å². The molecule has 2 aromatic rings. The molecule has 0 heterocycles. The maximum atomic E-state index is 12.8. The van der Waals surface area contributed by atoms with E-state index >= 15 is 0 Å². The van der Waals surface area contributed by atoms with E-state index < -0.39 is 0 Å². The molecule has 0 radical (unpaired) electrons. The van der Waals surface area contributed by atoms with Crippen LogP contribution in [0.1, 0.15) is 5.56 Å². The third kappa shape index (κ3) is 6.04. The summed E-state index contributed by atoms with van der Waals surface area (Å²) in [6.07, 6.45) is 0. The van der Waals surface area contributed by atoms with Gasteiger partial charge >= 0.3 is 0 Å². The van der Waals surface area contributed by atoms with Crippen molar-refractivity contribution in [2.24, 2.45) is 0 Å². The van der Waals surface area contributed by atoms with Crippen molar-refractivity contribution < 1.29 is 14.0 Å². The second kappa shape index (κ2) is 9.08. The Labute approximate surface area is 145 Å². The number of anilines is 1. The number of halogens is 1. The van der Waals surface area contributed by atoms with Crippen LogP contribution in [-0.2, 0) is 16.1 Å². The molecule has 0 spiro atoms. The highest BCUT2D eigenvalue weighted by molar-refractivity contribution is 8.00.